The van der Waals surface area contributed by atoms with Crippen molar-refractivity contribution in [1.29, 1.82) is 0 Å². The summed E-state index contributed by atoms with van der Waals surface area (Å²) in [6.45, 7) is 0. The van der Waals surface area contributed by atoms with Gasteiger partial charge in [0.25, 0.3) is 0 Å². The fraction of sp³-hybridized carbons (Fsp3) is 0.500. The third-order valence-electron chi connectivity index (χ3n) is 1.69. The van der Waals surface area contributed by atoms with Crippen molar-refractivity contribution in [3.05, 3.63) is 11.9 Å². The van der Waals surface area contributed by atoms with Gasteiger partial charge in [-0.2, -0.15) is 0 Å². The van der Waals surface area contributed by atoms with Crippen LogP contribution in [0.5, 0.6) is 0 Å². The van der Waals surface area contributed by atoms with Gasteiger partial charge in [0.2, 0.25) is 5.91 Å². The first-order valence-corrected chi connectivity index (χ1v) is 4.21. The Morgan fingerprint density at radius 2 is 2.60 bits per heavy atom. The Morgan fingerprint density at radius 1 is 1.80 bits per heavy atom. The quantitative estimate of drug-likeness (QED) is 0.506. The van der Waals surface area contributed by atoms with Gasteiger partial charge < -0.3 is 10.6 Å². The van der Waals surface area contributed by atoms with Gasteiger partial charge >= 0.3 is 0 Å². The lowest BCUT2D eigenvalue weighted by molar-refractivity contribution is -0.137. The Kier molecular flexibility index (Phi) is 1.17. The first-order chi connectivity index (χ1) is 4.77. The van der Waals surface area contributed by atoms with E-state index in [9.17, 15) is 4.79 Å². The van der Waals surface area contributed by atoms with E-state index in [0.717, 1.165) is 11.4 Å². The van der Waals surface area contributed by atoms with Gasteiger partial charge in [0.15, 0.2) is 0 Å². The second-order valence-corrected chi connectivity index (χ2v) is 3.64. The number of β-lactam (4-membered cyclic amide) rings is 1. The van der Waals surface area contributed by atoms with Gasteiger partial charge in [0.05, 0.1) is 11.8 Å². The summed E-state index contributed by atoms with van der Waals surface area (Å²) in [5, 5.41) is 0.389. The van der Waals surface area contributed by atoms with Crippen LogP contribution in [0.1, 0.15) is 6.42 Å². The number of carbonyl (C=O) groups excluding carboxylic acids is 1. The zero-order valence-corrected chi connectivity index (χ0v) is 6.23. The number of nitrogens with two attached hydrogens (primary N) is 1. The molecule has 3 nitrogen and oxygen atoms in total. The summed E-state index contributed by atoms with van der Waals surface area (Å²) in [6.07, 6.45) is 2.45. The molecule has 0 radical (unpaired) electrons. The number of amides is 1. The molecular weight excluding hydrogens is 148 g/mol. The minimum atomic E-state index is 0.195. The number of thioether (sulfide) groups is 1. The van der Waals surface area contributed by atoms with Crippen LogP contribution < -0.4 is 5.73 Å². The standard InChI is InChI=1S/C6H8N2OS/c7-4-2-8-5(9)1-6(8)10-3-4/h2,6H,1,3,7H2/t6-/m1/s1. The molecule has 4 heteroatoms. The van der Waals surface area contributed by atoms with E-state index >= 15 is 0 Å². The van der Waals surface area contributed by atoms with Crippen molar-refractivity contribution >= 4 is 17.7 Å². The van der Waals surface area contributed by atoms with Crippen LogP contribution >= 0.6 is 11.8 Å². The molecule has 1 saturated heterocycles. The van der Waals surface area contributed by atoms with Gasteiger partial charge in [-0.25, -0.2) is 0 Å². The van der Waals surface area contributed by atoms with Crippen LogP contribution in [-0.4, -0.2) is 21.9 Å². The van der Waals surface area contributed by atoms with Crippen LogP contribution in [0, 0.1) is 0 Å². The van der Waals surface area contributed by atoms with Crippen molar-refractivity contribution in [2.45, 2.75) is 11.8 Å². The average molecular weight is 156 g/mol. The second-order valence-electron chi connectivity index (χ2n) is 2.47. The highest BCUT2D eigenvalue weighted by Gasteiger charge is 2.37. The van der Waals surface area contributed by atoms with Gasteiger partial charge in [-0.15, -0.1) is 11.8 Å². The summed E-state index contributed by atoms with van der Waals surface area (Å²) in [6, 6.07) is 0. The zero-order chi connectivity index (χ0) is 7.14. The third-order valence-corrected chi connectivity index (χ3v) is 2.97. The molecule has 1 atom stereocenters. The third kappa shape index (κ3) is 0.718. The summed E-state index contributed by atoms with van der Waals surface area (Å²) < 4.78 is 0. The topological polar surface area (TPSA) is 46.3 Å². The van der Waals surface area contributed by atoms with E-state index in [0.29, 0.717) is 11.8 Å². The van der Waals surface area contributed by atoms with Crippen molar-refractivity contribution in [2.75, 3.05) is 5.75 Å². The summed E-state index contributed by atoms with van der Waals surface area (Å²) in [7, 11) is 0. The number of carbonyl (C=O) groups is 1. The van der Waals surface area contributed by atoms with Gasteiger partial charge in [-0.3, -0.25) is 4.79 Å². The molecule has 0 aromatic rings. The van der Waals surface area contributed by atoms with Crippen molar-refractivity contribution in [3.63, 3.8) is 0 Å². The van der Waals surface area contributed by atoms with Crippen molar-refractivity contribution in [2.24, 2.45) is 5.73 Å². The van der Waals surface area contributed by atoms with Crippen LogP contribution in [0.2, 0.25) is 0 Å². The molecule has 0 bridgehead atoms. The molecule has 2 heterocycles. The minimum Gasteiger partial charge on any atom is -0.400 e. The molecule has 2 rings (SSSR count). The zero-order valence-electron chi connectivity index (χ0n) is 5.41. The van der Waals surface area contributed by atoms with E-state index in [1.807, 2.05) is 0 Å². The lowest BCUT2D eigenvalue weighted by Crippen LogP contribution is -2.49. The molecule has 0 unspecified atom stereocenters. The molecule has 2 aliphatic heterocycles. The summed E-state index contributed by atoms with van der Waals surface area (Å²) in [5.74, 6) is 1.06. The number of fused-ring (bicyclic) bond motifs is 1. The minimum absolute atomic E-state index is 0.195. The van der Waals surface area contributed by atoms with E-state index in [1.54, 1.807) is 22.9 Å². The monoisotopic (exact) mass is 156 g/mol. The van der Waals surface area contributed by atoms with Crippen molar-refractivity contribution in [3.8, 4) is 0 Å². The SMILES string of the molecule is NC1=CN2C(=O)C[C@H]2SC1. The predicted molar refractivity (Wildman–Crippen MR) is 40.0 cm³/mol. The fourth-order valence-electron chi connectivity index (χ4n) is 1.10. The molecular formula is C6H8N2OS. The number of rotatable bonds is 0. The molecule has 1 fully saturated rings. The molecule has 54 valence electrons. The molecule has 0 aromatic carbocycles. The first kappa shape index (κ1) is 6.09. The second kappa shape index (κ2) is 1.92. The molecule has 0 spiro atoms. The Labute approximate surface area is 63.2 Å². The lowest BCUT2D eigenvalue weighted by atomic mass is 10.2. The van der Waals surface area contributed by atoms with Crippen molar-refractivity contribution < 1.29 is 4.79 Å². The summed E-state index contributed by atoms with van der Waals surface area (Å²) in [5.41, 5.74) is 6.33. The van der Waals surface area contributed by atoms with Crippen LogP contribution in [0.3, 0.4) is 0 Å². The van der Waals surface area contributed by atoms with Gasteiger partial charge in [0, 0.05) is 17.6 Å². The van der Waals surface area contributed by atoms with Crippen LogP contribution in [0.15, 0.2) is 11.9 Å². The maximum absolute atomic E-state index is 10.8. The van der Waals surface area contributed by atoms with Crippen molar-refractivity contribution in [1.82, 2.24) is 4.90 Å². The smallest absolute Gasteiger partial charge is 0.230 e. The highest BCUT2D eigenvalue weighted by Crippen LogP contribution is 2.33. The predicted octanol–water partition coefficient (Wildman–Crippen LogP) is 0.0917. The molecule has 1 amide bonds. The van der Waals surface area contributed by atoms with Crippen LogP contribution in [0.25, 0.3) is 0 Å². The lowest BCUT2D eigenvalue weighted by Gasteiger charge is -2.40. The summed E-state index contributed by atoms with van der Waals surface area (Å²) in [4.78, 5) is 12.5. The highest BCUT2D eigenvalue weighted by molar-refractivity contribution is 8.00. The van der Waals surface area contributed by atoms with Crippen LogP contribution in [-0.2, 0) is 4.79 Å². The normalized spacial score (nSPS) is 30.8. The molecule has 2 N–H and O–H groups in total. The molecule has 0 aromatic heterocycles. The Morgan fingerprint density at radius 3 is 3.20 bits per heavy atom. The van der Waals surface area contributed by atoms with E-state index in [-0.39, 0.29) is 5.91 Å². The average Bonchev–Trinajstić information content (AvgIpc) is 1.92. The Hall–Kier alpha value is -0.640. The molecule has 0 saturated carbocycles. The molecule has 10 heavy (non-hydrogen) atoms. The maximum atomic E-state index is 10.8. The summed E-state index contributed by atoms with van der Waals surface area (Å²) >= 11 is 1.74. The highest BCUT2D eigenvalue weighted by atomic mass is 32.2. The van der Waals surface area contributed by atoms with Crippen LogP contribution in [0.4, 0.5) is 0 Å². The van der Waals surface area contributed by atoms with E-state index in [1.165, 1.54) is 0 Å². The Balaban J connectivity index is 2.18. The number of hydrogen-bond donors (Lipinski definition) is 1. The van der Waals surface area contributed by atoms with Gasteiger partial charge in [0.1, 0.15) is 0 Å². The van der Waals surface area contributed by atoms with Gasteiger partial charge in [-0.1, -0.05) is 0 Å². The Bertz CT molecular complexity index is 214. The van der Waals surface area contributed by atoms with Gasteiger partial charge in [-0.05, 0) is 0 Å². The van der Waals surface area contributed by atoms with E-state index < -0.39 is 0 Å². The molecule has 0 aliphatic carbocycles. The fourth-order valence-corrected chi connectivity index (χ4v) is 2.16. The largest absolute Gasteiger partial charge is 0.400 e. The number of nitrogens with zero attached hydrogens (tertiary/aromatic N) is 1. The molecule has 2 aliphatic rings. The maximum Gasteiger partial charge on any atom is 0.230 e. The number of hydrogen-bond acceptors (Lipinski definition) is 3. The van der Waals surface area contributed by atoms with E-state index in [2.05, 4.69) is 0 Å². The van der Waals surface area contributed by atoms with E-state index in [4.69, 9.17) is 5.73 Å². The first-order valence-electron chi connectivity index (χ1n) is 3.16.